The summed E-state index contributed by atoms with van der Waals surface area (Å²) in [7, 11) is 0. The third kappa shape index (κ3) is 1.22. The Hall–Kier alpha value is -1.16. The van der Waals surface area contributed by atoms with E-state index in [2.05, 4.69) is 17.6 Å². The lowest BCUT2D eigenvalue weighted by molar-refractivity contribution is 0.0692. The van der Waals surface area contributed by atoms with Gasteiger partial charge in [0.25, 0.3) is 0 Å². The molecule has 1 N–H and O–H groups in total. The van der Waals surface area contributed by atoms with E-state index in [9.17, 15) is 4.79 Å². The van der Waals surface area contributed by atoms with Crippen LogP contribution < -0.4 is 0 Å². The molecule has 0 unspecified atom stereocenters. The van der Waals surface area contributed by atoms with Gasteiger partial charge in [-0.15, -0.1) is 0 Å². The highest BCUT2D eigenvalue weighted by atomic mass is 32.1. The Labute approximate surface area is 63.1 Å². The number of nitrogens with zero attached hydrogens (tertiary/aromatic N) is 1. The first-order valence-corrected chi connectivity index (χ1v) is 2.98. The number of carboxylic acid groups (broad SMARTS) is 1. The highest BCUT2D eigenvalue weighted by Gasteiger charge is 2.06. The zero-order valence-corrected chi connectivity index (χ0v) is 5.76. The molecular weight excluding hydrogens is 150 g/mol. The molecule has 0 aromatic carbocycles. The van der Waals surface area contributed by atoms with Crippen molar-refractivity contribution in [3.05, 3.63) is 23.9 Å². The van der Waals surface area contributed by atoms with Gasteiger partial charge >= 0.3 is 5.97 Å². The minimum Gasteiger partial charge on any atom is -0.478 e. The SMILES string of the molecule is O=C(O)c1cccnc1[S]. The van der Waals surface area contributed by atoms with Gasteiger partial charge in [-0.05, 0) is 12.1 Å². The number of hydrogen-bond acceptors (Lipinski definition) is 2. The first kappa shape index (κ1) is 6.95. The lowest BCUT2D eigenvalue weighted by atomic mass is 10.3. The molecule has 0 saturated carbocycles. The van der Waals surface area contributed by atoms with E-state index in [1.54, 1.807) is 6.07 Å². The monoisotopic (exact) mass is 154 g/mol. The predicted molar refractivity (Wildman–Crippen MR) is 37.1 cm³/mol. The van der Waals surface area contributed by atoms with Gasteiger partial charge in [-0.2, -0.15) is 0 Å². The van der Waals surface area contributed by atoms with Crippen LogP contribution in [0, 0.1) is 0 Å². The van der Waals surface area contributed by atoms with E-state index in [1.165, 1.54) is 12.3 Å². The summed E-state index contributed by atoms with van der Waals surface area (Å²) in [4.78, 5) is 13.9. The van der Waals surface area contributed by atoms with Crippen molar-refractivity contribution < 1.29 is 9.90 Å². The molecule has 0 saturated heterocycles. The number of hydrogen-bond donors (Lipinski definition) is 1. The molecule has 0 aliphatic carbocycles. The quantitative estimate of drug-likeness (QED) is 0.664. The molecule has 3 nitrogen and oxygen atoms in total. The highest BCUT2D eigenvalue weighted by Crippen LogP contribution is 2.08. The summed E-state index contributed by atoms with van der Waals surface area (Å²) in [5.74, 6) is -1.03. The van der Waals surface area contributed by atoms with Gasteiger partial charge in [0, 0.05) is 6.20 Å². The average Bonchev–Trinajstić information content (AvgIpc) is 1.88. The molecule has 0 spiro atoms. The van der Waals surface area contributed by atoms with Crippen molar-refractivity contribution in [2.24, 2.45) is 0 Å². The molecular formula is C6H4NO2S. The molecule has 0 amide bonds. The van der Waals surface area contributed by atoms with Crippen molar-refractivity contribution in [1.82, 2.24) is 4.98 Å². The fraction of sp³-hybridized carbons (Fsp3) is 0. The lowest BCUT2D eigenvalue weighted by Crippen LogP contribution is -1.98. The van der Waals surface area contributed by atoms with Crippen molar-refractivity contribution in [3.8, 4) is 0 Å². The van der Waals surface area contributed by atoms with Crippen LogP contribution in [-0.4, -0.2) is 16.1 Å². The molecule has 0 bridgehead atoms. The van der Waals surface area contributed by atoms with Gasteiger partial charge in [0.2, 0.25) is 0 Å². The van der Waals surface area contributed by atoms with Crippen LogP contribution >= 0.6 is 12.6 Å². The van der Waals surface area contributed by atoms with Crippen LogP contribution in [0.2, 0.25) is 0 Å². The standard InChI is InChI=1S/C6H4NO2S/c8-6(9)4-2-1-3-7-5(4)10/h1-3H,(H,8,9). The molecule has 1 rings (SSSR count). The Morgan fingerprint density at radius 1 is 1.70 bits per heavy atom. The molecule has 1 radical (unpaired) electrons. The molecule has 1 aromatic heterocycles. The van der Waals surface area contributed by atoms with E-state index in [1.807, 2.05) is 0 Å². The Morgan fingerprint density at radius 3 is 2.80 bits per heavy atom. The van der Waals surface area contributed by atoms with Crippen LogP contribution in [0.1, 0.15) is 10.4 Å². The largest absolute Gasteiger partial charge is 0.478 e. The fourth-order valence-electron chi connectivity index (χ4n) is 0.554. The van der Waals surface area contributed by atoms with Gasteiger partial charge in [-0.25, -0.2) is 9.78 Å². The molecule has 0 aliphatic rings. The number of pyridine rings is 1. The summed E-state index contributed by atoms with van der Waals surface area (Å²) in [5, 5.41) is 8.59. The van der Waals surface area contributed by atoms with E-state index < -0.39 is 5.97 Å². The van der Waals surface area contributed by atoms with E-state index in [0.717, 1.165) is 0 Å². The number of carboxylic acids is 1. The second-order valence-corrected chi connectivity index (χ2v) is 2.05. The van der Waals surface area contributed by atoms with Gasteiger partial charge in [-0.1, -0.05) is 12.6 Å². The number of carbonyl (C=O) groups is 1. The summed E-state index contributed by atoms with van der Waals surface area (Å²) in [6, 6.07) is 2.97. The van der Waals surface area contributed by atoms with E-state index in [0.29, 0.717) is 0 Å². The second-order valence-electron chi connectivity index (χ2n) is 1.66. The molecule has 4 heteroatoms. The molecule has 51 valence electrons. The molecule has 10 heavy (non-hydrogen) atoms. The number of rotatable bonds is 1. The van der Waals surface area contributed by atoms with Gasteiger partial charge in [0.1, 0.15) is 5.03 Å². The third-order valence-corrected chi connectivity index (χ3v) is 1.33. The summed E-state index contributed by atoms with van der Waals surface area (Å²) < 4.78 is 0. The molecule has 0 fully saturated rings. The van der Waals surface area contributed by atoms with E-state index in [4.69, 9.17) is 5.11 Å². The Bertz CT molecular complexity index is 262. The minimum absolute atomic E-state index is 0.0810. The molecule has 1 heterocycles. The van der Waals surface area contributed by atoms with Crippen molar-refractivity contribution >= 4 is 18.6 Å². The Balaban J connectivity index is 3.15. The molecule has 1 aromatic rings. The average molecular weight is 154 g/mol. The Morgan fingerprint density at radius 2 is 2.40 bits per heavy atom. The maximum atomic E-state index is 10.3. The van der Waals surface area contributed by atoms with E-state index in [-0.39, 0.29) is 10.6 Å². The summed E-state index contributed by atoms with van der Waals surface area (Å²) in [5.41, 5.74) is 0.0810. The maximum absolute atomic E-state index is 10.3. The van der Waals surface area contributed by atoms with Gasteiger partial charge in [0.05, 0.1) is 5.56 Å². The second kappa shape index (κ2) is 2.62. The topological polar surface area (TPSA) is 50.2 Å². The van der Waals surface area contributed by atoms with Crippen molar-refractivity contribution in [1.29, 1.82) is 0 Å². The van der Waals surface area contributed by atoms with Crippen LogP contribution in [-0.2, 0) is 0 Å². The van der Waals surface area contributed by atoms with Gasteiger partial charge in [-0.3, -0.25) is 0 Å². The van der Waals surface area contributed by atoms with Crippen LogP contribution in [0.3, 0.4) is 0 Å². The normalized spacial score (nSPS) is 9.20. The predicted octanol–water partition coefficient (Wildman–Crippen LogP) is 1.34. The molecule has 0 aliphatic heterocycles. The summed E-state index contributed by atoms with van der Waals surface area (Å²) in [6.07, 6.45) is 1.47. The molecule has 0 atom stereocenters. The third-order valence-electron chi connectivity index (χ3n) is 1.00. The van der Waals surface area contributed by atoms with Crippen molar-refractivity contribution in [2.45, 2.75) is 5.03 Å². The van der Waals surface area contributed by atoms with Gasteiger partial charge in [0.15, 0.2) is 0 Å². The summed E-state index contributed by atoms with van der Waals surface area (Å²) >= 11 is 4.64. The van der Waals surface area contributed by atoms with Crippen LogP contribution in [0.5, 0.6) is 0 Å². The highest BCUT2D eigenvalue weighted by molar-refractivity contribution is 7.80. The minimum atomic E-state index is -1.03. The van der Waals surface area contributed by atoms with Gasteiger partial charge < -0.3 is 5.11 Å². The van der Waals surface area contributed by atoms with Crippen LogP contribution in [0.4, 0.5) is 0 Å². The van der Waals surface area contributed by atoms with Crippen LogP contribution in [0.25, 0.3) is 0 Å². The van der Waals surface area contributed by atoms with Crippen molar-refractivity contribution in [3.63, 3.8) is 0 Å². The maximum Gasteiger partial charge on any atom is 0.338 e. The summed E-state index contributed by atoms with van der Waals surface area (Å²) in [6.45, 7) is 0. The fourth-order valence-corrected chi connectivity index (χ4v) is 0.770. The number of aromatic carboxylic acids is 1. The first-order chi connectivity index (χ1) is 4.72. The van der Waals surface area contributed by atoms with E-state index >= 15 is 0 Å². The zero-order chi connectivity index (χ0) is 7.56. The lowest BCUT2D eigenvalue weighted by Gasteiger charge is -1.93. The zero-order valence-electron chi connectivity index (χ0n) is 4.94. The first-order valence-electron chi connectivity index (χ1n) is 2.57. The van der Waals surface area contributed by atoms with Crippen LogP contribution in [0.15, 0.2) is 23.4 Å². The Kier molecular flexibility index (Phi) is 1.82. The van der Waals surface area contributed by atoms with Crippen molar-refractivity contribution in [2.75, 3.05) is 0 Å². The number of aromatic nitrogens is 1. The smallest absolute Gasteiger partial charge is 0.338 e.